The second-order valence-corrected chi connectivity index (χ2v) is 5.40. The molecule has 17 heavy (non-hydrogen) atoms. The van der Waals surface area contributed by atoms with E-state index >= 15 is 0 Å². The second kappa shape index (κ2) is 4.66. The van der Waals surface area contributed by atoms with Gasteiger partial charge in [-0.1, -0.05) is 0 Å². The van der Waals surface area contributed by atoms with Gasteiger partial charge in [-0.2, -0.15) is 0 Å². The summed E-state index contributed by atoms with van der Waals surface area (Å²) in [6.45, 7) is 1.44. The van der Waals surface area contributed by atoms with E-state index in [2.05, 4.69) is 15.9 Å². The Labute approximate surface area is 109 Å². The lowest BCUT2D eigenvalue weighted by molar-refractivity contribution is 0.102. The maximum atomic E-state index is 13.7. The molecule has 0 unspecified atom stereocenters. The van der Waals surface area contributed by atoms with Crippen LogP contribution in [-0.2, 0) is 0 Å². The van der Waals surface area contributed by atoms with E-state index in [-0.39, 0.29) is 15.8 Å². The molecule has 0 fully saturated rings. The first-order valence-corrected chi connectivity index (χ1v) is 6.35. The maximum Gasteiger partial charge on any atom is 0.169 e. The number of Topliss-reactive ketones (excluding diaryl/α,β-unsaturated/α-hetero) is 1. The van der Waals surface area contributed by atoms with Crippen molar-refractivity contribution in [1.82, 2.24) is 0 Å². The summed E-state index contributed by atoms with van der Waals surface area (Å²) in [4.78, 5) is 12.2. The number of benzene rings is 1. The lowest BCUT2D eigenvalue weighted by Gasteiger charge is -2.02. The fourth-order valence-corrected chi connectivity index (χ4v) is 2.62. The average molecular weight is 317 g/mol. The summed E-state index contributed by atoms with van der Waals surface area (Å²) in [5.41, 5.74) is 0.170. The van der Waals surface area contributed by atoms with Crippen molar-refractivity contribution in [3.8, 4) is 10.4 Å². The highest BCUT2D eigenvalue weighted by Crippen LogP contribution is 2.32. The van der Waals surface area contributed by atoms with Crippen molar-refractivity contribution in [3.05, 3.63) is 45.2 Å². The number of rotatable bonds is 2. The fraction of sp³-hybridized carbons (Fsp3) is 0.0833. The maximum absolute atomic E-state index is 13.7. The fourth-order valence-electron chi connectivity index (χ4n) is 1.38. The molecule has 0 aliphatic heterocycles. The van der Waals surface area contributed by atoms with Gasteiger partial charge in [-0.3, -0.25) is 4.79 Å². The molecule has 0 bridgehead atoms. The van der Waals surface area contributed by atoms with Crippen molar-refractivity contribution in [1.29, 1.82) is 0 Å². The molecule has 1 aromatic heterocycles. The number of ketones is 1. The first-order valence-electron chi connectivity index (χ1n) is 4.74. The van der Waals surface area contributed by atoms with Crippen LogP contribution in [0.5, 0.6) is 0 Å². The number of thiophene rings is 1. The van der Waals surface area contributed by atoms with Crippen molar-refractivity contribution < 1.29 is 13.6 Å². The van der Waals surface area contributed by atoms with Crippen LogP contribution in [0.1, 0.15) is 16.6 Å². The summed E-state index contributed by atoms with van der Waals surface area (Å²) in [6.07, 6.45) is 0. The molecule has 88 valence electrons. The summed E-state index contributed by atoms with van der Waals surface area (Å²) < 4.78 is 27.1. The molecule has 0 saturated heterocycles. The van der Waals surface area contributed by atoms with Gasteiger partial charge in [0.15, 0.2) is 5.78 Å². The molecule has 0 saturated carbocycles. The zero-order valence-corrected chi connectivity index (χ0v) is 11.2. The predicted molar refractivity (Wildman–Crippen MR) is 67.4 cm³/mol. The van der Waals surface area contributed by atoms with Gasteiger partial charge in [-0.15, -0.1) is 11.3 Å². The molecule has 0 atom stereocenters. The molecule has 0 aliphatic carbocycles. The standard InChI is InChI=1S/C12H7BrF2OS/c1-6(16)11-2-3-12(17-11)7-4-10(15)8(13)5-9(7)14/h2-5H,1H3. The first-order chi connectivity index (χ1) is 7.99. The number of carbonyl (C=O) groups excluding carboxylic acids is 1. The van der Waals surface area contributed by atoms with Crippen LogP contribution >= 0.6 is 27.3 Å². The molecule has 0 N–H and O–H groups in total. The quantitative estimate of drug-likeness (QED) is 0.582. The summed E-state index contributed by atoms with van der Waals surface area (Å²) in [7, 11) is 0. The lowest BCUT2D eigenvalue weighted by atomic mass is 10.1. The summed E-state index contributed by atoms with van der Waals surface area (Å²) in [6, 6.07) is 5.43. The highest BCUT2D eigenvalue weighted by molar-refractivity contribution is 9.10. The van der Waals surface area contributed by atoms with E-state index in [1.54, 1.807) is 12.1 Å². The molecule has 1 heterocycles. The van der Waals surface area contributed by atoms with E-state index in [1.165, 1.54) is 6.92 Å². The van der Waals surface area contributed by atoms with Crippen LogP contribution < -0.4 is 0 Å². The van der Waals surface area contributed by atoms with Crippen molar-refractivity contribution in [3.63, 3.8) is 0 Å². The molecule has 0 spiro atoms. The Kier molecular flexibility index (Phi) is 3.40. The molecule has 0 radical (unpaired) electrons. The lowest BCUT2D eigenvalue weighted by Crippen LogP contribution is -1.86. The topological polar surface area (TPSA) is 17.1 Å². The van der Waals surface area contributed by atoms with Crippen molar-refractivity contribution in [2.45, 2.75) is 6.92 Å². The van der Waals surface area contributed by atoms with Crippen LogP contribution in [0.2, 0.25) is 0 Å². The minimum atomic E-state index is -0.529. The third-order valence-electron chi connectivity index (χ3n) is 2.23. The van der Waals surface area contributed by atoms with Gasteiger partial charge in [-0.05, 0) is 47.1 Å². The van der Waals surface area contributed by atoms with Crippen LogP contribution in [0.3, 0.4) is 0 Å². The molecule has 0 amide bonds. The zero-order valence-electron chi connectivity index (χ0n) is 8.76. The molecule has 1 aromatic carbocycles. The van der Waals surface area contributed by atoms with E-state index in [1.807, 2.05) is 0 Å². The van der Waals surface area contributed by atoms with Crippen LogP contribution in [0.25, 0.3) is 10.4 Å². The van der Waals surface area contributed by atoms with Crippen LogP contribution in [0, 0.1) is 11.6 Å². The van der Waals surface area contributed by atoms with E-state index < -0.39 is 11.6 Å². The third kappa shape index (κ3) is 2.45. The summed E-state index contributed by atoms with van der Waals surface area (Å²) in [5, 5.41) is 0. The molecule has 0 aliphatic rings. The normalized spacial score (nSPS) is 10.6. The van der Waals surface area contributed by atoms with Gasteiger partial charge in [0, 0.05) is 10.4 Å². The molecule has 2 rings (SSSR count). The minimum Gasteiger partial charge on any atom is -0.294 e. The number of carbonyl (C=O) groups is 1. The zero-order chi connectivity index (χ0) is 12.6. The van der Waals surface area contributed by atoms with Gasteiger partial charge in [0.1, 0.15) is 11.6 Å². The Morgan fingerprint density at radius 3 is 2.53 bits per heavy atom. The van der Waals surface area contributed by atoms with Crippen LogP contribution in [-0.4, -0.2) is 5.78 Å². The number of hydrogen-bond donors (Lipinski definition) is 0. The van der Waals surface area contributed by atoms with Crippen molar-refractivity contribution in [2.24, 2.45) is 0 Å². The molecular formula is C12H7BrF2OS. The van der Waals surface area contributed by atoms with Gasteiger partial charge in [0.25, 0.3) is 0 Å². The smallest absolute Gasteiger partial charge is 0.169 e. The third-order valence-corrected chi connectivity index (χ3v) is 4.06. The Hall–Kier alpha value is -1.07. The largest absolute Gasteiger partial charge is 0.294 e. The Morgan fingerprint density at radius 2 is 1.94 bits per heavy atom. The van der Waals surface area contributed by atoms with Gasteiger partial charge in [0.05, 0.1) is 9.35 Å². The minimum absolute atomic E-state index is 0.0840. The Morgan fingerprint density at radius 1 is 1.24 bits per heavy atom. The molecule has 1 nitrogen and oxygen atoms in total. The van der Waals surface area contributed by atoms with E-state index in [0.717, 1.165) is 23.5 Å². The number of halogens is 3. The summed E-state index contributed by atoms with van der Waals surface area (Å²) in [5.74, 6) is -1.13. The highest BCUT2D eigenvalue weighted by atomic mass is 79.9. The average Bonchev–Trinajstić information content (AvgIpc) is 2.72. The Bertz CT molecular complexity index is 592. The molecule has 2 aromatic rings. The van der Waals surface area contributed by atoms with Crippen LogP contribution in [0.15, 0.2) is 28.7 Å². The first kappa shape index (κ1) is 12.4. The monoisotopic (exact) mass is 316 g/mol. The van der Waals surface area contributed by atoms with Crippen LogP contribution in [0.4, 0.5) is 8.78 Å². The molecule has 5 heteroatoms. The Balaban J connectivity index is 2.52. The van der Waals surface area contributed by atoms with E-state index in [9.17, 15) is 13.6 Å². The second-order valence-electron chi connectivity index (χ2n) is 3.47. The number of hydrogen-bond acceptors (Lipinski definition) is 2. The van der Waals surface area contributed by atoms with Crippen molar-refractivity contribution >= 4 is 33.0 Å². The highest BCUT2D eigenvalue weighted by Gasteiger charge is 2.13. The molecular weight excluding hydrogens is 310 g/mol. The van der Waals surface area contributed by atoms with Gasteiger partial charge in [-0.25, -0.2) is 8.78 Å². The van der Waals surface area contributed by atoms with Crippen molar-refractivity contribution in [2.75, 3.05) is 0 Å². The predicted octanol–water partition coefficient (Wildman–Crippen LogP) is 4.66. The van der Waals surface area contributed by atoms with Gasteiger partial charge in [0.2, 0.25) is 0 Å². The van der Waals surface area contributed by atoms with E-state index in [0.29, 0.717) is 9.75 Å². The van der Waals surface area contributed by atoms with Gasteiger partial charge < -0.3 is 0 Å². The summed E-state index contributed by atoms with van der Waals surface area (Å²) >= 11 is 4.07. The SMILES string of the molecule is CC(=O)c1ccc(-c2cc(F)c(Br)cc2F)s1. The van der Waals surface area contributed by atoms with Gasteiger partial charge >= 0.3 is 0 Å². The van der Waals surface area contributed by atoms with E-state index in [4.69, 9.17) is 0 Å².